The van der Waals surface area contributed by atoms with E-state index in [0.717, 1.165) is 38.5 Å². The van der Waals surface area contributed by atoms with Crippen LogP contribution in [0.4, 0.5) is 0 Å². The Morgan fingerprint density at radius 3 is 1.77 bits per heavy atom. The first kappa shape index (κ1) is 17.3. The maximum absolute atomic E-state index is 12.2. The van der Waals surface area contributed by atoms with Gasteiger partial charge < -0.3 is 16.0 Å². The van der Waals surface area contributed by atoms with E-state index >= 15 is 0 Å². The lowest BCUT2D eigenvalue weighted by atomic mass is 9.79. The first-order valence-electron chi connectivity index (χ1n) is 8.58. The molecule has 1 saturated carbocycles. The molecule has 2 amide bonds. The Hall–Kier alpha value is -1.10. The van der Waals surface area contributed by atoms with Crippen molar-refractivity contribution in [2.45, 2.75) is 95.8 Å². The quantitative estimate of drug-likeness (QED) is 0.682. The van der Waals surface area contributed by atoms with E-state index in [-0.39, 0.29) is 23.2 Å². The zero-order valence-electron chi connectivity index (χ0n) is 14.4. The molecule has 3 N–H and O–H groups in total. The van der Waals surface area contributed by atoms with Crippen molar-refractivity contribution in [2.75, 3.05) is 0 Å². The van der Waals surface area contributed by atoms with Crippen molar-refractivity contribution in [3.8, 4) is 0 Å². The van der Waals surface area contributed by atoms with Gasteiger partial charge in [0.15, 0.2) is 0 Å². The first-order valence-corrected chi connectivity index (χ1v) is 8.58. The Kier molecular flexibility index (Phi) is 5.15. The highest BCUT2D eigenvalue weighted by Crippen LogP contribution is 2.28. The standard InChI is InChI=1S/C17H31N3O2/c1-16(2)10-13(11-17(3,4)20-16)19-15(22)14(21)18-12-8-6-5-7-9-12/h12-13,20H,5-11H2,1-4H3,(H,18,21)(H,19,22). The average molecular weight is 309 g/mol. The third-order valence-electron chi connectivity index (χ3n) is 4.67. The number of carbonyl (C=O) groups excluding carboxylic acids is 2. The van der Waals surface area contributed by atoms with Gasteiger partial charge in [0.25, 0.3) is 0 Å². The number of nitrogens with one attached hydrogen (secondary N) is 3. The van der Waals surface area contributed by atoms with Gasteiger partial charge in [-0.2, -0.15) is 0 Å². The van der Waals surface area contributed by atoms with E-state index in [0.29, 0.717) is 0 Å². The van der Waals surface area contributed by atoms with E-state index in [2.05, 4.69) is 43.6 Å². The molecule has 1 aliphatic heterocycles. The van der Waals surface area contributed by atoms with Crippen LogP contribution in [0.15, 0.2) is 0 Å². The second kappa shape index (κ2) is 6.57. The molecule has 1 heterocycles. The minimum Gasteiger partial charge on any atom is -0.345 e. The van der Waals surface area contributed by atoms with Crippen LogP contribution in [0.3, 0.4) is 0 Å². The number of amides is 2. The second-order valence-electron chi connectivity index (χ2n) is 8.28. The van der Waals surface area contributed by atoms with Crippen molar-refractivity contribution in [1.29, 1.82) is 0 Å². The average Bonchev–Trinajstić information content (AvgIpc) is 2.35. The summed E-state index contributed by atoms with van der Waals surface area (Å²) in [6, 6.07) is 0.212. The van der Waals surface area contributed by atoms with Gasteiger partial charge in [0.05, 0.1) is 0 Å². The van der Waals surface area contributed by atoms with Gasteiger partial charge in [0.2, 0.25) is 0 Å². The van der Waals surface area contributed by atoms with Gasteiger partial charge in [-0.1, -0.05) is 19.3 Å². The molecule has 0 spiro atoms. The van der Waals surface area contributed by atoms with Gasteiger partial charge in [0.1, 0.15) is 0 Å². The molecule has 126 valence electrons. The lowest BCUT2D eigenvalue weighted by Gasteiger charge is -2.46. The summed E-state index contributed by atoms with van der Waals surface area (Å²) in [7, 11) is 0. The predicted octanol–water partition coefficient (Wildman–Crippen LogP) is 1.86. The lowest BCUT2D eigenvalue weighted by Crippen LogP contribution is -2.63. The Balaban J connectivity index is 1.86. The van der Waals surface area contributed by atoms with E-state index in [1.54, 1.807) is 0 Å². The topological polar surface area (TPSA) is 70.2 Å². The molecule has 2 rings (SSSR count). The number of rotatable bonds is 2. The highest BCUT2D eigenvalue weighted by Gasteiger charge is 2.38. The normalized spacial score (nSPS) is 25.5. The molecule has 5 heteroatoms. The van der Waals surface area contributed by atoms with Crippen LogP contribution in [0.1, 0.15) is 72.6 Å². The number of piperidine rings is 1. The van der Waals surface area contributed by atoms with E-state index in [9.17, 15) is 9.59 Å². The zero-order valence-corrected chi connectivity index (χ0v) is 14.4. The number of hydrogen-bond donors (Lipinski definition) is 3. The van der Waals surface area contributed by atoms with Crippen LogP contribution in [-0.2, 0) is 9.59 Å². The summed E-state index contributed by atoms with van der Waals surface area (Å²) in [6.45, 7) is 8.54. The molecule has 0 aromatic heterocycles. The van der Waals surface area contributed by atoms with Crippen LogP contribution in [-0.4, -0.2) is 35.0 Å². The summed E-state index contributed by atoms with van der Waals surface area (Å²) in [6.07, 6.45) is 7.17. The molecule has 2 aliphatic rings. The molecular weight excluding hydrogens is 278 g/mol. The fourth-order valence-electron chi connectivity index (χ4n) is 4.17. The molecule has 0 bridgehead atoms. The molecule has 2 fully saturated rings. The fraction of sp³-hybridized carbons (Fsp3) is 0.882. The Morgan fingerprint density at radius 2 is 1.27 bits per heavy atom. The summed E-state index contributed by atoms with van der Waals surface area (Å²) in [5.74, 6) is -0.954. The molecule has 1 saturated heterocycles. The highest BCUT2D eigenvalue weighted by atomic mass is 16.2. The third-order valence-corrected chi connectivity index (χ3v) is 4.67. The fourth-order valence-corrected chi connectivity index (χ4v) is 4.17. The molecule has 0 atom stereocenters. The van der Waals surface area contributed by atoms with Crippen molar-refractivity contribution >= 4 is 11.8 Å². The van der Waals surface area contributed by atoms with Gasteiger partial charge in [-0.15, -0.1) is 0 Å². The van der Waals surface area contributed by atoms with Crippen LogP contribution >= 0.6 is 0 Å². The largest absolute Gasteiger partial charge is 0.345 e. The summed E-state index contributed by atoms with van der Waals surface area (Å²) in [5.41, 5.74) is -0.0842. The minimum atomic E-state index is -0.482. The number of carbonyl (C=O) groups is 2. The Morgan fingerprint density at radius 1 is 0.818 bits per heavy atom. The Labute approximate surface area is 134 Å². The molecule has 0 aromatic carbocycles. The van der Waals surface area contributed by atoms with Crippen LogP contribution in [0.5, 0.6) is 0 Å². The predicted molar refractivity (Wildman–Crippen MR) is 87.5 cm³/mol. The Bertz CT molecular complexity index is 410. The van der Waals surface area contributed by atoms with Gasteiger partial charge in [0, 0.05) is 23.2 Å². The SMILES string of the molecule is CC1(C)CC(NC(=O)C(=O)NC2CCCCC2)CC(C)(C)N1. The van der Waals surface area contributed by atoms with Crippen molar-refractivity contribution < 1.29 is 9.59 Å². The molecule has 0 unspecified atom stereocenters. The maximum atomic E-state index is 12.2. The van der Waals surface area contributed by atoms with Crippen molar-refractivity contribution in [2.24, 2.45) is 0 Å². The van der Waals surface area contributed by atoms with E-state index < -0.39 is 11.8 Å². The van der Waals surface area contributed by atoms with E-state index in [4.69, 9.17) is 0 Å². The van der Waals surface area contributed by atoms with Crippen LogP contribution in [0, 0.1) is 0 Å². The third kappa shape index (κ3) is 4.97. The van der Waals surface area contributed by atoms with Crippen LogP contribution in [0.2, 0.25) is 0 Å². The lowest BCUT2D eigenvalue weighted by molar-refractivity contribution is -0.140. The monoisotopic (exact) mass is 309 g/mol. The van der Waals surface area contributed by atoms with Crippen LogP contribution in [0.25, 0.3) is 0 Å². The van der Waals surface area contributed by atoms with Gasteiger partial charge in [-0.25, -0.2) is 0 Å². The maximum Gasteiger partial charge on any atom is 0.309 e. The van der Waals surface area contributed by atoms with Gasteiger partial charge in [-0.05, 0) is 53.4 Å². The summed E-state index contributed by atoms with van der Waals surface area (Å²) in [5, 5.41) is 9.39. The molecule has 1 aliphatic carbocycles. The van der Waals surface area contributed by atoms with Crippen LogP contribution < -0.4 is 16.0 Å². The van der Waals surface area contributed by atoms with Crippen molar-refractivity contribution in [3.63, 3.8) is 0 Å². The number of hydrogen-bond acceptors (Lipinski definition) is 3. The molecule has 0 aromatic rings. The minimum absolute atomic E-state index is 0.0378. The van der Waals surface area contributed by atoms with Crippen molar-refractivity contribution in [1.82, 2.24) is 16.0 Å². The van der Waals surface area contributed by atoms with Crippen molar-refractivity contribution in [3.05, 3.63) is 0 Å². The molecule has 22 heavy (non-hydrogen) atoms. The van der Waals surface area contributed by atoms with Gasteiger partial charge in [-0.3, -0.25) is 9.59 Å². The van der Waals surface area contributed by atoms with Gasteiger partial charge >= 0.3 is 11.8 Å². The smallest absolute Gasteiger partial charge is 0.309 e. The molecule has 5 nitrogen and oxygen atoms in total. The second-order valence-corrected chi connectivity index (χ2v) is 8.28. The summed E-state index contributed by atoms with van der Waals surface area (Å²) < 4.78 is 0. The molecular formula is C17H31N3O2. The highest BCUT2D eigenvalue weighted by molar-refractivity contribution is 6.35. The molecule has 0 radical (unpaired) electrons. The first-order chi connectivity index (χ1) is 10.2. The summed E-state index contributed by atoms with van der Waals surface area (Å²) in [4.78, 5) is 24.2. The summed E-state index contributed by atoms with van der Waals surface area (Å²) >= 11 is 0. The zero-order chi connectivity index (χ0) is 16.4. The van der Waals surface area contributed by atoms with E-state index in [1.165, 1.54) is 6.42 Å². The van der Waals surface area contributed by atoms with E-state index in [1.807, 2.05) is 0 Å².